The van der Waals surface area contributed by atoms with Crippen molar-refractivity contribution in [3.63, 3.8) is 0 Å². The maximum Gasteiger partial charge on any atom is 0.344 e. The molecular formula is C16H22BrNO3. The summed E-state index contributed by atoms with van der Waals surface area (Å²) >= 11 is 3.48. The summed E-state index contributed by atoms with van der Waals surface area (Å²) < 4.78 is 11.4. The Kier molecular flexibility index (Phi) is 6.51. The highest BCUT2D eigenvalue weighted by Crippen LogP contribution is 2.26. The van der Waals surface area contributed by atoms with Gasteiger partial charge in [-0.05, 0) is 52.9 Å². The van der Waals surface area contributed by atoms with Crippen molar-refractivity contribution >= 4 is 21.9 Å². The van der Waals surface area contributed by atoms with Crippen LogP contribution in [0.3, 0.4) is 0 Å². The van der Waals surface area contributed by atoms with Crippen LogP contribution in [-0.4, -0.2) is 25.2 Å². The molecule has 0 spiro atoms. The van der Waals surface area contributed by atoms with E-state index in [1.54, 1.807) is 0 Å². The zero-order valence-corrected chi connectivity index (χ0v) is 13.9. The maximum atomic E-state index is 11.5. The average molecular weight is 356 g/mol. The van der Waals surface area contributed by atoms with Gasteiger partial charge in [-0.3, -0.25) is 0 Å². The van der Waals surface area contributed by atoms with Gasteiger partial charge < -0.3 is 14.8 Å². The van der Waals surface area contributed by atoms with Crippen LogP contribution < -0.4 is 10.1 Å². The molecule has 1 saturated carbocycles. The molecule has 0 saturated heterocycles. The molecule has 0 atom stereocenters. The third-order valence-electron chi connectivity index (χ3n) is 3.27. The third-order valence-corrected chi connectivity index (χ3v) is 3.89. The molecule has 1 aliphatic carbocycles. The van der Waals surface area contributed by atoms with Crippen LogP contribution in [-0.2, 0) is 16.1 Å². The van der Waals surface area contributed by atoms with Gasteiger partial charge in [-0.1, -0.05) is 19.4 Å². The number of benzene rings is 1. The molecule has 1 fully saturated rings. The zero-order chi connectivity index (χ0) is 15.1. The number of esters is 1. The Labute approximate surface area is 134 Å². The van der Waals surface area contributed by atoms with Crippen LogP contribution in [0.4, 0.5) is 0 Å². The molecule has 21 heavy (non-hydrogen) atoms. The van der Waals surface area contributed by atoms with Crippen LogP contribution in [0.2, 0.25) is 0 Å². The molecule has 0 radical (unpaired) electrons. The number of unbranched alkanes of at least 4 members (excludes halogenated alkanes) is 1. The number of rotatable bonds is 9. The van der Waals surface area contributed by atoms with Gasteiger partial charge in [-0.15, -0.1) is 0 Å². The summed E-state index contributed by atoms with van der Waals surface area (Å²) in [4.78, 5) is 11.5. The lowest BCUT2D eigenvalue weighted by atomic mass is 10.2. The van der Waals surface area contributed by atoms with E-state index in [2.05, 4.69) is 28.2 Å². The van der Waals surface area contributed by atoms with Gasteiger partial charge in [0.05, 0.1) is 11.1 Å². The largest absolute Gasteiger partial charge is 0.481 e. The van der Waals surface area contributed by atoms with E-state index in [-0.39, 0.29) is 12.6 Å². The van der Waals surface area contributed by atoms with Crippen LogP contribution >= 0.6 is 15.9 Å². The lowest BCUT2D eigenvalue weighted by Gasteiger charge is -2.10. The van der Waals surface area contributed by atoms with Gasteiger partial charge in [0.2, 0.25) is 0 Å². The second-order valence-corrected chi connectivity index (χ2v) is 6.14. The number of ether oxygens (including phenoxy) is 2. The molecule has 1 aliphatic rings. The summed E-state index contributed by atoms with van der Waals surface area (Å²) in [7, 11) is 0. The molecule has 0 heterocycles. The number of carbonyl (C=O) groups excluding carboxylic acids is 1. The molecule has 1 N–H and O–H groups in total. The van der Waals surface area contributed by atoms with Gasteiger partial charge in [-0.25, -0.2) is 4.79 Å². The minimum atomic E-state index is -0.324. The van der Waals surface area contributed by atoms with E-state index in [4.69, 9.17) is 9.47 Å². The van der Waals surface area contributed by atoms with Crippen molar-refractivity contribution in [2.24, 2.45) is 0 Å². The lowest BCUT2D eigenvalue weighted by Crippen LogP contribution is -2.16. The predicted molar refractivity (Wildman–Crippen MR) is 85.4 cm³/mol. The Morgan fingerprint density at radius 1 is 1.43 bits per heavy atom. The highest BCUT2D eigenvalue weighted by molar-refractivity contribution is 9.10. The summed E-state index contributed by atoms with van der Waals surface area (Å²) in [6.07, 6.45) is 4.46. The van der Waals surface area contributed by atoms with E-state index in [1.165, 1.54) is 18.4 Å². The monoisotopic (exact) mass is 355 g/mol. The molecule has 0 bridgehead atoms. The molecule has 5 heteroatoms. The number of halogens is 1. The van der Waals surface area contributed by atoms with Crippen molar-refractivity contribution < 1.29 is 14.3 Å². The number of nitrogens with one attached hydrogen (secondary N) is 1. The molecule has 0 amide bonds. The van der Waals surface area contributed by atoms with Crippen LogP contribution in [0.1, 0.15) is 38.2 Å². The summed E-state index contributed by atoms with van der Waals surface area (Å²) in [5, 5.41) is 3.46. The van der Waals surface area contributed by atoms with Crippen molar-refractivity contribution in [1.82, 2.24) is 5.32 Å². The standard InChI is InChI=1S/C16H22BrNO3/c1-2-3-8-20-16(19)11-21-15-7-4-12(9-14(15)17)10-18-13-5-6-13/h4,7,9,13,18H,2-3,5-6,8,10-11H2,1H3. The van der Waals surface area contributed by atoms with Gasteiger partial charge in [0, 0.05) is 12.6 Å². The Balaban J connectivity index is 1.75. The molecule has 1 aromatic rings. The molecule has 0 unspecified atom stereocenters. The van der Waals surface area contributed by atoms with E-state index in [0.29, 0.717) is 18.4 Å². The highest BCUT2D eigenvalue weighted by Gasteiger charge is 2.20. The molecule has 116 valence electrons. The van der Waals surface area contributed by atoms with E-state index < -0.39 is 0 Å². The molecule has 1 aromatic carbocycles. The molecule has 2 rings (SSSR count). The van der Waals surface area contributed by atoms with Crippen molar-refractivity contribution in [3.05, 3.63) is 28.2 Å². The van der Waals surface area contributed by atoms with Crippen molar-refractivity contribution in [2.45, 2.75) is 45.2 Å². The Morgan fingerprint density at radius 2 is 2.24 bits per heavy atom. The van der Waals surface area contributed by atoms with Gasteiger partial charge in [0.15, 0.2) is 6.61 Å². The topological polar surface area (TPSA) is 47.6 Å². The summed E-state index contributed by atoms with van der Waals surface area (Å²) in [5.41, 5.74) is 1.20. The third kappa shape index (κ3) is 6.06. The lowest BCUT2D eigenvalue weighted by molar-refractivity contribution is -0.146. The van der Waals surface area contributed by atoms with E-state index >= 15 is 0 Å². The second-order valence-electron chi connectivity index (χ2n) is 5.28. The van der Waals surface area contributed by atoms with E-state index in [1.807, 2.05) is 18.2 Å². The summed E-state index contributed by atoms with van der Waals surface area (Å²) in [5.74, 6) is 0.340. The van der Waals surface area contributed by atoms with Crippen molar-refractivity contribution in [1.29, 1.82) is 0 Å². The molecule has 4 nitrogen and oxygen atoms in total. The number of carbonyl (C=O) groups is 1. The second kappa shape index (κ2) is 8.39. The van der Waals surface area contributed by atoms with Crippen LogP contribution in [0.15, 0.2) is 22.7 Å². The molecular weight excluding hydrogens is 334 g/mol. The average Bonchev–Trinajstić information content (AvgIpc) is 3.28. The zero-order valence-electron chi connectivity index (χ0n) is 12.4. The SMILES string of the molecule is CCCCOC(=O)COc1ccc(CNC2CC2)cc1Br. The van der Waals surface area contributed by atoms with Gasteiger partial charge in [-0.2, -0.15) is 0 Å². The first-order valence-corrected chi connectivity index (χ1v) is 8.28. The van der Waals surface area contributed by atoms with Gasteiger partial charge in [0.1, 0.15) is 5.75 Å². The van der Waals surface area contributed by atoms with Crippen LogP contribution in [0, 0.1) is 0 Å². The smallest absolute Gasteiger partial charge is 0.344 e. The Morgan fingerprint density at radius 3 is 2.90 bits per heavy atom. The molecule has 0 aliphatic heterocycles. The van der Waals surface area contributed by atoms with Crippen LogP contribution in [0.25, 0.3) is 0 Å². The summed E-state index contributed by atoms with van der Waals surface area (Å²) in [6, 6.07) is 6.61. The first-order valence-electron chi connectivity index (χ1n) is 7.49. The normalized spacial score (nSPS) is 14.0. The van der Waals surface area contributed by atoms with Crippen molar-refractivity contribution in [3.8, 4) is 5.75 Å². The number of hydrogen-bond acceptors (Lipinski definition) is 4. The van der Waals surface area contributed by atoms with Crippen molar-refractivity contribution in [2.75, 3.05) is 13.2 Å². The van der Waals surface area contributed by atoms with E-state index in [9.17, 15) is 4.79 Å². The fourth-order valence-electron chi connectivity index (χ4n) is 1.83. The Bertz CT molecular complexity index is 475. The van der Waals surface area contributed by atoms with E-state index in [0.717, 1.165) is 23.9 Å². The minimum Gasteiger partial charge on any atom is -0.481 e. The number of hydrogen-bond donors (Lipinski definition) is 1. The van der Waals surface area contributed by atoms with Gasteiger partial charge in [0.25, 0.3) is 0 Å². The first kappa shape index (κ1) is 16.3. The van der Waals surface area contributed by atoms with Gasteiger partial charge >= 0.3 is 5.97 Å². The predicted octanol–water partition coefficient (Wildman–Crippen LogP) is 3.42. The first-order chi connectivity index (χ1) is 10.2. The minimum absolute atomic E-state index is 0.0536. The maximum absolute atomic E-state index is 11.5. The van der Waals surface area contributed by atoms with Crippen LogP contribution in [0.5, 0.6) is 5.75 Å². The summed E-state index contributed by atoms with van der Waals surface area (Å²) in [6.45, 7) is 3.33. The molecule has 0 aromatic heterocycles. The fraction of sp³-hybridized carbons (Fsp3) is 0.562. The fourth-order valence-corrected chi connectivity index (χ4v) is 2.37. The highest BCUT2D eigenvalue weighted by atomic mass is 79.9. The Hall–Kier alpha value is -1.07. The quantitative estimate of drug-likeness (QED) is 0.544.